The summed E-state index contributed by atoms with van der Waals surface area (Å²) in [5.41, 5.74) is 3.06. The van der Waals surface area contributed by atoms with Crippen LogP contribution in [0.25, 0.3) is 11.1 Å². The van der Waals surface area contributed by atoms with Crippen molar-refractivity contribution in [1.29, 1.82) is 5.26 Å². The zero-order valence-corrected chi connectivity index (χ0v) is 10.7. The summed E-state index contributed by atoms with van der Waals surface area (Å²) in [5.74, 6) is -0.00871. The van der Waals surface area contributed by atoms with Crippen molar-refractivity contribution in [3.05, 3.63) is 46.2 Å². The quantitative estimate of drug-likeness (QED) is 0.860. The van der Waals surface area contributed by atoms with E-state index in [0.717, 1.165) is 15.7 Å². The maximum absolute atomic E-state index is 11.2. The number of hydrogen-bond acceptors (Lipinski definition) is 2. The lowest BCUT2D eigenvalue weighted by atomic mass is 10.1. The molecule has 0 bridgehead atoms. The van der Waals surface area contributed by atoms with Crippen LogP contribution in [0.1, 0.15) is 23.0 Å². The average molecular weight is 289 g/mol. The van der Waals surface area contributed by atoms with E-state index in [0.29, 0.717) is 11.3 Å². The van der Waals surface area contributed by atoms with Gasteiger partial charge in [0.1, 0.15) is 0 Å². The first-order valence-corrected chi connectivity index (χ1v) is 5.81. The van der Waals surface area contributed by atoms with Gasteiger partial charge in [-0.25, -0.2) is 0 Å². The van der Waals surface area contributed by atoms with E-state index in [9.17, 15) is 4.79 Å². The molecule has 0 spiro atoms. The number of benzene rings is 1. The molecule has 0 unspecified atom stereocenters. The lowest BCUT2D eigenvalue weighted by molar-refractivity contribution is 0.101. The van der Waals surface area contributed by atoms with E-state index in [2.05, 4.69) is 27.0 Å². The smallest absolute Gasteiger partial charge is 0.175 e. The van der Waals surface area contributed by atoms with Crippen LogP contribution in [-0.2, 0) is 0 Å². The summed E-state index contributed by atoms with van der Waals surface area (Å²) in [6.45, 7) is 1.51. The minimum Gasteiger partial charge on any atom is -0.346 e. The molecule has 0 saturated carbocycles. The third-order valence-electron chi connectivity index (χ3n) is 2.47. The second kappa shape index (κ2) is 4.56. The molecule has 0 aliphatic carbocycles. The SMILES string of the molecule is CC(=O)c1cc(-c2ccc(C#N)cc2)c(Br)[nH]1. The maximum Gasteiger partial charge on any atom is 0.175 e. The van der Waals surface area contributed by atoms with Crippen LogP contribution < -0.4 is 0 Å². The van der Waals surface area contributed by atoms with Crippen molar-refractivity contribution < 1.29 is 4.79 Å². The third-order valence-corrected chi connectivity index (χ3v) is 3.10. The van der Waals surface area contributed by atoms with Gasteiger partial charge in [-0.15, -0.1) is 0 Å². The normalized spacial score (nSPS) is 9.94. The Morgan fingerprint density at radius 3 is 2.47 bits per heavy atom. The molecular formula is C13H9BrN2O. The second-order valence-electron chi connectivity index (χ2n) is 3.66. The van der Waals surface area contributed by atoms with Crippen LogP contribution >= 0.6 is 15.9 Å². The van der Waals surface area contributed by atoms with Crippen LogP contribution in [0.15, 0.2) is 34.9 Å². The fourth-order valence-electron chi connectivity index (χ4n) is 1.55. The Hall–Kier alpha value is -1.86. The highest BCUT2D eigenvalue weighted by atomic mass is 79.9. The molecular weight excluding hydrogens is 280 g/mol. The predicted octanol–water partition coefficient (Wildman–Crippen LogP) is 3.52. The predicted molar refractivity (Wildman–Crippen MR) is 68.6 cm³/mol. The summed E-state index contributed by atoms with van der Waals surface area (Å²) >= 11 is 3.38. The highest BCUT2D eigenvalue weighted by molar-refractivity contribution is 9.10. The molecule has 1 aromatic heterocycles. The molecule has 0 amide bonds. The van der Waals surface area contributed by atoms with Crippen molar-refractivity contribution >= 4 is 21.7 Å². The van der Waals surface area contributed by atoms with Gasteiger partial charge in [0.15, 0.2) is 5.78 Å². The van der Waals surface area contributed by atoms with Gasteiger partial charge < -0.3 is 4.98 Å². The molecule has 84 valence electrons. The zero-order valence-electron chi connectivity index (χ0n) is 9.12. The van der Waals surface area contributed by atoms with Crippen LogP contribution in [0.5, 0.6) is 0 Å². The largest absolute Gasteiger partial charge is 0.346 e. The Balaban J connectivity index is 2.46. The minimum atomic E-state index is -0.00871. The second-order valence-corrected chi connectivity index (χ2v) is 4.45. The molecule has 17 heavy (non-hydrogen) atoms. The number of aromatic amines is 1. The number of carbonyl (C=O) groups excluding carboxylic acids is 1. The summed E-state index contributed by atoms with van der Waals surface area (Å²) in [6.07, 6.45) is 0. The fraction of sp³-hybridized carbons (Fsp3) is 0.0769. The first-order valence-electron chi connectivity index (χ1n) is 5.02. The summed E-state index contributed by atoms with van der Waals surface area (Å²) < 4.78 is 0.771. The molecule has 0 radical (unpaired) electrons. The van der Waals surface area contributed by atoms with Gasteiger partial charge in [-0.1, -0.05) is 12.1 Å². The molecule has 3 nitrogen and oxygen atoms in total. The lowest BCUT2D eigenvalue weighted by Gasteiger charge is -1.98. The van der Waals surface area contributed by atoms with Crippen molar-refractivity contribution in [3.8, 4) is 17.2 Å². The molecule has 0 atom stereocenters. The fourth-order valence-corrected chi connectivity index (χ4v) is 2.11. The van der Waals surface area contributed by atoms with Crippen molar-refractivity contribution in [2.45, 2.75) is 6.92 Å². The number of nitriles is 1. The molecule has 0 saturated heterocycles. The topological polar surface area (TPSA) is 56.6 Å². The van der Waals surface area contributed by atoms with Gasteiger partial charge in [-0.3, -0.25) is 4.79 Å². The summed E-state index contributed by atoms with van der Waals surface area (Å²) in [7, 11) is 0. The third kappa shape index (κ3) is 2.29. The van der Waals surface area contributed by atoms with E-state index >= 15 is 0 Å². The van der Waals surface area contributed by atoms with Crippen LogP contribution in [0.4, 0.5) is 0 Å². The number of nitrogens with zero attached hydrogens (tertiary/aromatic N) is 1. The van der Waals surface area contributed by atoms with Gasteiger partial charge in [-0.2, -0.15) is 5.26 Å². The van der Waals surface area contributed by atoms with Crippen LogP contribution in [-0.4, -0.2) is 10.8 Å². The van der Waals surface area contributed by atoms with Crippen molar-refractivity contribution in [2.24, 2.45) is 0 Å². The molecule has 0 fully saturated rings. The molecule has 0 aliphatic rings. The van der Waals surface area contributed by atoms with Crippen LogP contribution in [0.3, 0.4) is 0 Å². The van der Waals surface area contributed by atoms with Gasteiger partial charge >= 0.3 is 0 Å². The molecule has 2 aromatic rings. The van der Waals surface area contributed by atoms with Gasteiger partial charge in [0.2, 0.25) is 0 Å². The Bertz CT molecular complexity index is 605. The van der Waals surface area contributed by atoms with E-state index in [-0.39, 0.29) is 5.78 Å². The highest BCUT2D eigenvalue weighted by Crippen LogP contribution is 2.29. The van der Waals surface area contributed by atoms with E-state index < -0.39 is 0 Å². The average Bonchev–Trinajstić information content (AvgIpc) is 2.72. The van der Waals surface area contributed by atoms with Gasteiger partial charge in [0, 0.05) is 12.5 Å². The maximum atomic E-state index is 11.2. The van der Waals surface area contributed by atoms with Crippen LogP contribution in [0, 0.1) is 11.3 Å². The van der Waals surface area contributed by atoms with E-state index in [4.69, 9.17) is 5.26 Å². The van der Waals surface area contributed by atoms with E-state index in [1.807, 2.05) is 12.1 Å². The molecule has 1 aromatic carbocycles. The summed E-state index contributed by atoms with van der Waals surface area (Å²) in [4.78, 5) is 14.2. The minimum absolute atomic E-state index is 0.00871. The monoisotopic (exact) mass is 288 g/mol. The number of halogens is 1. The standard InChI is InChI=1S/C13H9BrN2O/c1-8(17)12-6-11(13(14)16-12)10-4-2-9(7-15)3-5-10/h2-6,16H,1H3. The zero-order chi connectivity index (χ0) is 12.4. The number of aromatic nitrogens is 1. The van der Waals surface area contributed by atoms with Crippen molar-refractivity contribution in [1.82, 2.24) is 4.98 Å². The van der Waals surface area contributed by atoms with Crippen molar-refractivity contribution in [2.75, 3.05) is 0 Å². The molecule has 2 rings (SSSR count). The van der Waals surface area contributed by atoms with Crippen LogP contribution in [0.2, 0.25) is 0 Å². The first kappa shape index (κ1) is 11.6. The van der Waals surface area contributed by atoms with E-state index in [1.165, 1.54) is 6.92 Å². The number of hydrogen-bond donors (Lipinski definition) is 1. The molecule has 1 N–H and O–H groups in total. The first-order chi connectivity index (χ1) is 8.11. The summed E-state index contributed by atoms with van der Waals surface area (Å²) in [5, 5.41) is 8.72. The van der Waals surface area contributed by atoms with Gasteiger partial charge in [0.05, 0.1) is 21.9 Å². The van der Waals surface area contributed by atoms with E-state index in [1.54, 1.807) is 18.2 Å². The number of H-pyrrole nitrogens is 1. The van der Waals surface area contributed by atoms with Gasteiger partial charge in [0.25, 0.3) is 0 Å². The lowest BCUT2D eigenvalue weighted by Crippen LogP contribution is -1.89. The molecule has 0 aliphatic heterocycles. The Kier molecular flexibility index (Phi) is 3.12. The number of nitrogens with one attached hydrogen (secondary N) is 1. The van der Waals surface area contributed by atoms with Gasteiger partial charge in [-0.05, 0) is 39.7 Å². The number of ketones is 1. The number of carbonyl (C=O) groups is 1. The summed E-state index contributed by atoms with van der Waals surface area (Å²) in [6, 6.07) is 11.1. The Labute approximate surface area is 107 Å². The van der Waals surface area contributed by atoms with Crippen molar-refractivity contribution in [3.63, 3.8) is 0 Å². The highest BCUT2D eigenvalue weighted by Gasteiger charge is 2.10. The molecule has 1 heterocycles. The molecule has 4 heteroatoms. The number of rotatable bonds is 2. The number of Topliss-reactive ketones (excluding diaryl/α,β-unsaturated/α-hetero) is 1. The Morgan fingerprint density at radius 2 is 2.00 bits per heavy atom. The Morgan fingerprint density at radius 1 is 1.35 bits per heavy atom.